The third kappa shape index (κ3) is 5.54. The SMILES string of the molecule is CCN(CCC(=O)O)C(=O)C1CCCN(S(=O)(=O)Cc2ccccc2)C1. The number of amides is 1. The normalized spacial score (nSPS) is 18.4. The second-order valence-corrected chi connectivity index (χ2v) is 8.47. The molecule has 1 N–H and O–H groups in total. The second kappa shape index (κ2) is 9.14. The van der Waals surface area contributed by atoms with E-state index in [0.717, 1.165) is 5.56 Å². The van der Waals surface area contributed by atoms with Crippen molar-refractivity contribution in [1.82, 2.24) is 9.21 Å². The molecule has 2 rings (SSSR count). The van der Waals surface area contributed by atoms with Crippen LogP contribution in [0.2, 0.25) is 0 Å². The molecule has 1 fully saturated rings. The van der Waals surface area contributed by atoms with Crippen molar-refractivity contribution in [2.45, 2.75) is 31.9 Å². The van der Waals surface area contributed by atoms with E-state index in [1.807, 2.05) is 6.07 Å². The van der Waals surface area contributed by atoms with Gasteiger partial charge in [0.05, 0.1) is 18.1 Å². The number of sulfonamides is 1. The number of carboxylic acid groups (broad SMARTS) is 1. The van der Waals surface area contributed by atoms with Crippen LogP contribution in [-0.4, -0.2) is 60.8 Å². The summed E-state index contributed by atoms with van der Waals surface area (Å²) in [4.78, 5) is 24.9. The zero-order valence-electron chi connectivity index (χ0n) is 15.0. The van der Waals surface area contributed by atoms with Crippen LogP contribution >= 0.6 is 0 Å². The van der Waals surface area contributed by atoms with Crippen LogP contribution in [0, 0.1) is 5.92 Å². The number of hydrogen-bond donors (Lipinski definition) is 1. The molecule has 0 radical (unpaired) electrons. The van der Waals surface area contributed by atoms with E-state index in [4.69, 9.17) is 5.11 Å². The lowest BCUT2D eigenvalue weighted by atomic mass is 9.98. The van der Waals surface area contributed by atoms with Crippen molar-refractivity contribution in [1.29, 1.82) is 0 Å². The van der Waals surface area contributed by atoms with Crippen LogP contribution in [0.15, 0.2) is 30.3 Å². The standard InChI is InChI=1S/C18H26N2O5S/c1-2-19(12-10-17(21)22)18(23)16-9-6-11-20(13-16)26(24,25)14-15-7-4-3-5-8-15/h3-5,7-8,16H,2,6,9-14H2,1H3,(H,21,22). The molecule has 0 saturated carbocycles. The molecular weight excluding hydrogens is 356 g/mol. The first kappa shape index (κ1) is 20.4. The Morgan fingerprint density at radius 3 is 2.58 bits per heavy atom. The van der Waals surface area contributed by atoms with Crippen LogP contribution < -0.4 is 0 Å². The number of piperidine rings is 1. The van der Waals surface area contributed by atoms with Crippen molar-refractivity contribution >= 4 is 21.9 Å². The van der Waals surface area contributed by atoms with E-state index in [-0.39, 0.29) is 31.2 Å². The number of benzene rings is 1. The van der Waals surface area contributed by atoms with Crippen molar-refractivity contribution < 1.29 is 23.1 Å². The van der Waals surface area contributed by atoms with E-state index >= 15 is 0 Å². The maximum atomic E-state index is 12.7. The summed E-state index contributed by atoms with van der Waals surface area (Å²) < 4.78 is 26.8. The molecule has 1 heterocycles. The molecule has 0 aliphatic carbocycles. The highest BCUT2D eigenvalue weighted by molar-refractivity contribution is 7.88. The topological polar surface area (TPSA) is 95.0 Å². The quantitative estimate of drug-likeness (QED) is 0.736. The van der Waals surface area contributed by atoms with Gasteiger partial charge in [0.15, 0.2) is 0 Å². The number of carboxylic acids is 1. The van der Waals surface area contributed by atoms with Crippen molar-refractivity contribution in [3.8, 4) is 0 Å². The van der Waals surface area contributed by atoms with Crippen molar-refractivity contribution in [2.75, 3.05) is 26.2 Å². The second-order valence-electron chi connectivity index (χ2n) is 6.50. The highest BCUT2D eigenvalue weighted by atomic mass is 32.2. The Kier molecular flexibility index (Phi) is 7.16. The number of aliphatic carboxylic acids is 1. The first-order valence-corrected chi connectivity index (χ1v) is 10.5. The minimum Gasteiger partial charge on any atom is -0.481 e. The number of rotatable bonds is 8. The van der Waals surface area contributed by atoms with Crippen LogP contribution in [0.1, 0.15) is 31.7 Å². The summed E-state index contributed by atoms with van der Waals surface area (Å²) in [5.41, 5.74) is 0.720. The molecule has 1 unspecified atom stereocenters. The summed E-state index contributed by atoms with van der Waals surface area (Å²) in [6, 6.07) is 8.98. The maximum Gasteiger partial charge on any atom is 0.305 e. The fraction of sp³-hybridized carbons (Fsp3) is 0.556. The van der Waals surface area contributed by atoms with E-state index in [0.29, 0.717) is 25.9 Å². The minimum atomic E-state index is -3.49. The molecule has 1 aromatic carbocycles. The van der Waals surface area contributed by atoms with Crippen molar-refractivity contribution in [3.05, 3.63) is 35.9 Å². The number of hydrogen-bond acceptors (Lipinski definition) is 4. The Balaban J connectivity index is 2.03. The number of nitrogens with zero attached hydrogens (tertiary/aromatic N) is 2. The van der Waals surface area contributed by atoms with Gasteiger partial charge in [-0.2, -0.15) is 0 Å². The largest absolute Gasteiger partial charge is 0.481 e. The summed E-state index contributed by atoms with van der Waals surface area (Å²) >= 11 is 0. The van der Waals surface area contributed by atoms with Crippen LogP contribution in [0.3, 0.4) is 0 Å². The summed E-state index contributed by atoms with van der Waals surface area (Å²) in [6.07, 6.45) is 1.14. The third-order valence-electron chi connectivity index (χ3n) is 4.61. The summed E-state index contributed by atoms with van der Waals surface area (Å²) in [6.45, 7) is 2.95. The fourth-order valence-corrected chi connectivity index (χ4v) is 4.80. The first-order valence-electron chi connectivity index (χ1n) is 8.86. The number of carbonyl (C=O) groups is 2. The van der Waals surface area contributed by atoms with Gasteiger partial charge in [0, 0.05) is 26.2 Å². The molecule has 1 amide bonds. The van der Waals surface area contributed by atoms with Crippen LogP contribution in [0.5, 0.6) is 0 Å². The van der Waals surface area contributed by atoms with Gasteiger partial charge in [0.1, 0.15) is 0 Å². The van der Waals surface area contributed by atoms with E-state index < -0.39 is 21.9 Å². The zero-order chi connectivity index (χ0) is 19.2. The van der Waals surface area contributed by atoms with Gasteiger partial charge in [0.25, 0.3) is 0 Å². The predicted molar refractivity (Wildman–Crippen MR) is 97.9 cm³/mol. The van der Waals surface area contributed by atoms with E-state index in [9.17, 15) is 18.0 Å². The first-order chi connectivity index (χ1) is 12.3. The van der Waals surface area contributed by atoms with Gasteiger partial charge < -0.3 is 10.0 Å². The molecule has 1 aliphatic rings. The molecule has 8 heteroatoms. The molecule has 7 nitrogen and oxygen atoms in total. The average molecular weight is 382 g/mol. The fourth-order valence-electron chi connectivity index (χ4n) is 3.19. The molecule has 0 spiro atoms. The van der Waals surface area contributed by atoms with E-state index in [2.05, 4.69) is 0 Å². The Hall–Kier alpha value is -1.93. The molecule has 0 aromatic heterocycles. The monoisotopic (exact) mass is 382 g/mol. The lowest BCUT2D eigenvalue weighted by molar-refractivity contribution is -0.140. The lowest BCUT2D eigenvalue weighted by Crippen LogP contribution is -2.47. The van der Waals surface area contributed by atoms with Gasteiger partial charge in [-0.05, 0) is 25.3 Å². The van der Waals surface area contributed by atoms with Crippen molar-refractivity contribution in [3.63, 3.8) is 0 Å². The van der Waals surface area contributed by atoms with Crippen LogP contribution in [-0.2, 0) is 25.4 Å². The maximum absolute atomic E-state index is 12.7. The van der Waals surface area contributed by atoms with Crippen LogP contribution in [0.25, 0.3) is 0 Å². The van der Waals surface area contributed by atoms with Gasteiger partial charge in [0.2, 0.25) is 15.9 Å². The van der Waals surface area contributed by atoms with Gasteiger partial charge >= 0.3 is 5.97 Å². The third-order valence-corrected chi connectivity index (χ3v) is 6.42. The molecule has 26 heavy (non-hydrogen) atoms. The van der Waals surface area contributed by atoms with Crippen molar-refractivity contribution in [2.24, 2.45) is 5.92 Å². The molecule has 1 aliphatic heterocycles. The van der Waals surface area contributed by atoms with Gasteiger partial charge in [-0.15, -0.1) is 0 Å². The summed E-state index contributed by atoms with van der Waals surface area (Å²) in [7, 11) is -3.49. The molecule has 0 bridgehead atoms. The summed E-state index contributed by atoms with van der Waals surface area (Å²) in [5.74, 6) is -1.60. The molecule has 1 saturated heterocycles. The zero-order valence-corrected chi connectivity index (χ0v) is 15.8. The number of carbonyl (C=O) groups excluding carboxylic acids is 1. The average Bonchev–Trinajstić information content (AvgIpc) is 2.62. The molecule has 144 valence electrons. The van der Waals surface area contributed by atoms with E-state index in [1.165, 1.54) is 9.21 Å². The van der Waals surface area contributed by atoms with Gasteiger partial charge in [-0.3, -0.25) is 9.59 Å². The smallest absolute Gasteiger partial charge is 0.305 e. The lowest BCUT2D eigenvalue weighted by Gasteiger charge is -2.34. The highest BCUT2D eigenvalue weighted by Crippen LogP contribution is 2.23. The summed E-state index contributed by atoms with van der Waals surface area (Å²) in [5, 5.41) is 8.81. The Labute approximate surface area is 154 Å². The van der Waals surface area contributed by atoms with Gasteiger partial charge in [-0.1, -0.05) is 30.3 Å². The Bertz CT molecular complexity index is 720. The molecule has 1 atom stereocenters. The molecular formula is C18H26N2O5S. The van der Waals surface area contributed by atoms with Gasteiger partial charge in [-0.25, -0.2) is 12.7 Å². The minimum absolute atomic E-state index is 0.0781. The highest BCUT2D eigenvalue weighted by Gasteiger charge is 2.34. The Morgan fingerprint density at radius 2 is 1.96 bits per heavy atom. The van der Waals surface area contributed by atoms with Crippen LogP contribution in [0.4, 0.5) is 0 Å². The Morgan fingerprint density at radius 1 is 1.27 bits per heavy atom. The van der Waals surface area contributed by atoms with E-state index in [1.54, 1.807) is 31.2 Å². The predicted octanol–water partition coefficient (Wildman–Crippen LogP) is 1.55. The molecule has 1 aromatic rings.